The number of aliphatic carboxylic acids is 1. The van der Waals surface area contributed by atoms with E-state index in [0.29, 0.717) is 25.1 Å². The molecule has 0 fully saturated rings. The van der Waals surface area contributed by atoms with Crippen molar-refractivity contribution in [2.45, 2.75) is 19.8 Å². The summed E-state index contributed by atoms with van der Waals surface area (Å²) in [5.74, 6) is -1.52. The minimum absolute atomic E-state index is 0.227. The Morgan fingerprint density at radius 2 is 2.14 bits per heavy atom. The van der Waals surface area contributed by atoms with Crippen LogP contribution < -0.4 is 15.4 Å². The van der Waals surface area contributed by atoms with Crippen LogP contribution in [0, 0.1) is 11.7 Å². The highest BCUT2D eigenvalue weighted by molar-refractivity contribution is 5.90. The highest BCUT2D eigenvalue weighted by Crippen LogP contribution is 2.24. The quantitative estimate of drug-likeness (QED) is 0.675. The van der Waals surface area contributed by atoms with Crippen LogP contribution in [-0.4, -0.2) is 30.8 Å². The van der Waals surface area contributed by atoms with Gasteiger partial charge in [0.25, 0.3) is 0 Å². The third-order valence-electron chi connectivity index (χ3n) is 2.93. The fraction of sp³-hybridized carbons (Fsp3) is 0.429. The first-order valence-electron chi connectivity index (χ1n) is 6.55. The molecule has 2 amide bonds. The summed E-state index contributed by atoms with van der Waals surface area (Å²) in [6.07, 6.45) is 1.04. The Labute approximate surface area is 122 Å². The number of hydrogen-bond acceptors (Lipinski definition) is 3. The largest absolute Gasteiger partial charge is 0.494 e. The van der Waals surface area contributed by atoms with Gasteiger partial charge in [0.1, 0.15) is 11.6 Å². The van der Waals surface area contributed by atoms with Gasteiger partial charge in [0.15, 0.2) is 0 Å². The third kappa shape index (κ3) is 5.68. The van der Waals surface area contributed by atoms with E-state index in [9.17, 15) is 14.0 Å². The van der Waals surface area contributed by atoms with Crippen LogP contribution in [0.3, 0.4) is 0 Å². The smallest absolute Gasteiger partial charge is 0.319 e. The molecule has 7 heteroatoms. The minimum atomic E-state index is -0.851. The molecule has 0 bridgehead atoms. The molecule has 0 aromatic heterocycles. The molecule has 3 N–H and O–H groups in total. The van der Waals surface area contributed by atoms with E-state index in [-0.39, 0.29) is 5.75 Å². The SMILES string of the molecule is COc1cc(F)ccc1NC(=O)NCCCC(C)C(=O)O. The highest BCUT2D eigenvalue weighted by Gasteiger charge is 2.11. The van der Waals surface area contributed by atoms with E-state index < -0.39 is 23.7 Å². The summed E-state index contributed by atoms with van der Waals surface area (Å²) < 4.78 is 18.0. The first-order chi connectivity index (χ1) is 9.93. The second kappa shape index (κ2) is 8.08. The maximum atomic E-state index is 13.0. The molecule has 1 aromatic carbocycles. The predicted molar refractivity (Wildman–Crippen MR) is 76.0 cm³/mol. The number of carboxylic acid groups (broad SMARTS) is 1. The van der Waals surface area contributed by atoms with Crippen molar-refractivity contribution in [1.82, 2.24) is 5.32 Å². The molecule has 6 nitrogen and oxygen atoms in total. The van der Waals surface area contributed by atoms with Crippen molar-refractivity contribution in [3.63, 3.8) is 0 Å². The van der Waals surface area contributed by atoms with E-state index in [1.165, 1.54) is 25.3 Å². The minimum Gasteiger partial charge on any atom is -0.494 e. The lowest BCUT2D eigenvalue weighted by Gasteiger charge is -2.11. The summed E-state index contributed by atoms with van der Waals surface area (Å²) >= 11 is 0. The van der Waals surface area contributed by atoms with Crippen molar-refractivity contribution < 1.29 is 23.8 Å². The summed E-state index contributed by atoms with van der Waals surface area (Å²) in [5.41, 5.74) is 0.357. The monoisotopic (exact) mass is 298 g/mol. The molecule has 1 aromatic rings. The number of carboxylic acids is 1. The molecule has 21 heavy (non-hydrogen) atoms. The van der Waals surface area contributed by atoms with Crippen LogP contribution in [0.5, 0.6) is 5.75 Å². The lowest BCUT2D eigenvalue weighted by atomic mass is 10.1. The zero-order valence-electron chi connectivity index (χ0n) is 12.0. The predicted octanol–water partition coefficient (Wildman–Crippen LogP) is 2.46. The van der Waals surface area contributed by atoms with Crippen molar-refractivity contribution in [1.29, 1.82) is 0 Å². The average molecular weight is 298 g/mol. The van der Waals surface area contributed by atoms with Crippen molar-refractivity contribution in [3.05, 3.63) is 24.0 Å². The van der Waals surface area contributed by atoms with Crippen LogP contribution in [0.4, 0.5) is 14.9 Å². The van der Waals surface area contributed by atoms with Gasteiger partial charge < -0.3 is 20.5 Å². The van der Waals surface area contributed by atoms with Crippen molar-refractivity contribution in [3.8, 4) is 5.75 Å². The van der Waals surface area contributed by atoms with Crippen molar-refractivity contribution >= 4 is 17.7 Å². The van der Waals surface area contributed by atoms with Crippen LogP contribution in [0.1, 0.15) is 19.8 Å². The first kappa shape index (κ1) is 16.7. The molecule has 0 aliphatic carbocycles. The second-order valence-electron chi connectivity index (χ2n) is 4.61. The molecule has 116 valence electrons. The van der Waals surface area contributed by atoms with E-state index >= 15 is 0 Å². The number of hydrogen-bond donors (Lipinski definition) is 3. The number of amides is 2. The van der Waals surface area contributed by atoms with E-state index in [2.05, 4.69) is 10.6 Å². The molecule has 0 saturated carbocycles. The molecule has 0 heterocycles. The summed E-state index contributed by atoms with van der Waals surface area (Å²) in [6, 6.07) is 3.33. The molecule has 0 aliphatic heterocycles. The molecule has 1 unspecified atom stereocenters. The molecule has 1 atom stereocenters. The van der Waals surface area contributed by atoms with Gasteiger partial charge in [-0.15, -0.1) is 0 Å². The van der Waals surface area contributed by atoms with Gasteiger partial charge in [-0.05, 0) is 25.0 Å². The summed E-state index contributed by atoms with van der Waals surface area (Å²) in [7, 11) is 1.38. The lowest BCUT2D eigenvalue weighted by Crippen LogP contribution is -2.30. The number of urea groups is 1. The zero-order chi connectivity index (χ0) is 15.8. The first-order valence-corrected chi connectivity index (χ1v) is 6.55. The van der Waals surface area contributed by atoms with Crippen LogP contribution >= 0.6 is 0 Å². The Morgan fingerprint density at radius 3 is 2.76 bits per heavy atom. The lowest BCUT2D eigenvalue weighted by molar-refractivity contribution is -0.141. The Morgan fingerprint density at radius 1 is 1.43 bits per heavy atom. The average Bonchev–Trinajstić information content (AvgIpc) is 2.45. The Bertz CT molecular complexity index is 508. The van der Waals surface area contributed by atoms with Gasteiger partial charge in [0.2, 0.25) is 0 Å². The molecular formula is C14H19FN2O4. The van der Waals surface area contributed by atoms with Gasteiger partial charge in [-0.3, -0.25) is 4.79 Å². The number of ether oxygens (including phenoxy) is 1. The molecule has 1 rings (SSSR count). The number of rotatable bonds is 7. The van der Waals surface area contributed by atoms with Crippen LogP contribution in [0.25, 0.3) is 0 Å². The normalized spacial score (nSPS) is 11.6. The standard InChI is InChI=1S/C14H19FN2O4/c1-9(13(18)19)4-3-7-16-14(20)17-11-6-5-10(15)8-12(11)21-2/h5-6,8-9H,3-4,7H2,1-2H3,(H,18,19)(H2,16,17,20). The molecule has 0 radical (unpaired) electrons. The van der Waals surface area contributed by atoms with E-state index in [1.807, 2.05) is 0 Å². The number of halogens is 1. The number of methoxy groups -OCH3 is 1. The molecule has 0 aliphatic rings. The fourth-order valence-electron chi connectivity index (χ4n) is 1.67. The Hall–Kier alpha value is -2.31. The number of anilines is 1. The summed E-state index contributed by atoms with van der Waals surface area (Å²) in [6.45, 7) is 1.97. The number of carbonyl (C=O) groups excluding carboxylic acids is 1. The summed E-state index contributed by atoms with van der Waals surface area (Å²) in [5, 5.41) is 13.9. The fourth-order valence-corrected chi connectivity index (χ4v) is 1.67. The van der Waals surface area contributed by atoms with Gasteiger partial charge in [-0.25, -0.2) is 9.18 Å². The van der Waals surface area contributed by atoms with Gasteiger partial charge in [0.05, 0.1) is 18.7 Å². The molecule has 0 saturated heterocycles. The van der Waals surface area contributed by atoms with Gasteiger partial charge in [0, 0.05) is 12.6 Å². The van der Waals surface area contributed by atoms with Crippen molar-refractivity contribution in [2.24, 2.45) is 5.92 Å². The molecular weight excluding hydrogens is 279 g/mol. The Balaban J connectivity index is 2.39. The topological polar surface area (TPSA) is 87.7 Å². The van der Waals surface area contributed by atoms with E-state index in [4.69, 9.17) is 9.84 Å². The maximum Gasteiger partial charge on any atom is 0.319 e. The number of nitrogens with one attached hydrogen (secondary N) is 2. The van der Waals surface area contributed by atoms with Gasteiger partial charge in [-0.1, -0.05) is 6.92 Å². The van der Waals surface area contributed by atoms with E-state index in [0.717, 1.165) is 0 Å². The zero-order valence-corrected chi connectivity index (χ0v) is 12.0. The molecule has 0 spiro atoms. The van der Waals surface area contributed by atoms with E-state index in [1.54, 1.807) is 6.92 Å². The van der Waals surface area contributed by atoms with Gasteiger partial charge >= 0.3 is 12.0 Å². The summed E-state index contributed by atoms with van der Waals surface area (Å²) in [4.78, 5) is 22.3. The van der Waals surface area contributed by atoms with Crippen LogP contribution in [-0.2, 0) is 4.79 Å². The van der Waals surface area contributed by atoms with Crippen LogP contribution in [0.15, 0.2) is 18.2 Å². The highest BCUT2D eigenvalue weighted by atomic mass is 19.1. The third-order valence-corrected chi connectivity index (χ3v) is 2.93. The number of benzene rings is 1. The van der Waals surface area contributed by atoms with Crippen LogP contribution in [0.2, 0.25) is 0 Å². The Kier molecular flexibility index (Phi) is 6.45. The second-order valence-corrected chi connectivity index (χ2v) is 4.61. The number of carbonyl (C=O) groups is 2. The van der Waals surface area contributed by atoms with Gasteiger partial charge in [-0.2, -0.15) is 0 Å². The maximum absolute atomic E-state index is 13.0. The van der Waals surface area contributed by atoms with Crippen molar-refractivity contribution in [2.75, 3.05) is 19.0 Å².